The van der Waals surface area contributed by atoms with Crippen molar-refractivity contribution in [3.63, 3.8) is 0 Å². The first-order chi connectivity index (χ1) is 13.8. The van der Waals surface area contributed by atoms with Crippen molar-refractivity contribution in [2.45, 2.75) is 37.8 Å². The Labute approximate surface area is 163 Å². The third kappa shape index (κ3) is 3.11. The Hall–Kier alpha value is -2.61. The second-order valence-electron chi connectivity index (χ2n) is 7.59. The molecule has 8 heteroatoms. The number of aromatic nitrogens is 3. The van der Waals surface area contributed by atoms with E-state index in [4.69, 9.17) is 9.47 Å². The number of nitrogens with zero attached hydrogens (tertiary/aromatic N) is 4. The lowest BCUT2D eigenvalue weighted by molar-refractivity contribution is 0.0724. The summed E-state index contributed by atoms with van der Waals surface area (Å²) in [5, 5.41) is 11.8. The van der Waals surface area contributed by atoms with Crippen molar-refractivity contribution in [1.29, 1.82) is 0 Å². The van der Waals surface area contributed by atoms with Crippen LogP contribution in [0.3, 0.4) is 0 Å². The van der Waals surface area contributed by atoms with E-state index in [0.29, 0.717) is 31.5 Å². The minimum atomic E-state index is -0.0583. The van der Waals surface area contributed by atoms with E-state index in [2.05, 4.69) is 15.6 Å². The van der Waals surface area contributed by atoms with E-state index in [1.807, 2.05) is 34.0 Å². The minimum Gasteiger partial charge on any atom is -0.486 e. The van der Waals surface area contributed by atoms with Crippen molar-refractivity contribution in [1.82, 2.24) is 25.2 Å². The van der Waals surface area contributed by atoms with Gasteiger partial charge in [-0.05, 0) is 44.8 Å². The second-order valence-corrected chi connectivity index (χ2v) is 7.59. The zero-order valence-electron chi connectivity index (χ0n) is 15.8. The molecule has 1 aromatic heterocycles. The van der Waals surface area contributed by atoms with Crippen LogP contribution < -0.4 is 14.8 Å². The predicted octanol–water partition coefficient (Wildman–Crippen LogP) is 1.95. The molecule has 148 valence electrons. The van der Waals surface area contributed by atoms with Gasteiger partial charge in [0.1, 0.15) is 13.2 Å². The number of likely N-dealkylation sites (tertiary alicyclic amines) is 1. The van der Waals surface area contributed by atoms with Gasteiger partial charge in [-0.2, -0.15) is 0 Å². The number of carbonyl (C=O) groups is 1. The summed E-state index contributed by atoms with van der Waals surface area (Å²) in [4.78, 5) is 15.1. The van der Waals surface area contributed by atoms with E-state index in [1.54, 1.807) is 0 Å². The highest BCUT2D eigenvalue weighted by molar-refractivity contribution is 5.92. The van der Waals surface area contributed by atoms with Gasteiger partial charge in [-0.3, -0.25) is 4.79 Å². The SMILES string of the molecule is O=C(c1cn(C2CCNCC2)nn1)N1CCCC1c1cccc2c1OCCO2. The number of hydrogen-bond donors (Lipinski definition) is 1. The molecule has 28 heavy (non-hydrogen) atoms. The monoisotopic (exact) mass is 383 g/mol. The lowest BCUT2D eigenvalue weighted by Gasteiger charge is -2.28. The Balaban J connectivity index is 1.39. The van der Waals surface area contributed by atoms with Crippen molar-refractivity contribution in [2.75, 3.05) is 32.8 Å². The lowest BCUT2D eigenvalue weighted by atomic mass is 10.0. The average Bonchev–Trinajstić information content (AvgIpc) is 3.43. The van der Waals surface area contributed by atoms with Gasteiger partial charge in [0, 0.05) is 12.1 Å². The molecule has 2 saturated heterocycles. The molecule has 1 atom stereocenters. The number of ether oxygens (including phenoxy) is 2. The van der Waals surface area contributed by atoms with Gasteiger partial charge in [0.05, 0.1) is 18.3 Å². The fourth-order valence-electron chi connectivity index (χ4n) is 4.46. The standard InChI is InChI=1S/C20H25N5O3/c26-20(16-13-25(23-22-16)14-6-8-21-9-7-14)24-10-2-4-17(24)15-3-1-5-18-19(15)28-12-11-27-18/h1,3,5,13-14,17,21H,2,4,6-12H2. The molecule has 2 fully saturated rings. The lowest BCUT2D eigenvalue weighted by Crippen LogP contribution is -2.31. The van der Waals surface area contributed by atoms with Gasteiger partial charge in [-0.15, -0.1) is 5.10 Å². The number of nitrogens with one attached hydrogen (secondary N) is 1. The van der Waals surface area contributed by atoms with Crippen LogP contribution in [0.1, 0.15) is 53.8 Å². The number of rotatable bonds is 3. The number of para-hydroxylation sites is 1. The quantitative estimate of drug-likeness (QED) is 0.873. The van der Waals surface area contributed by atoms with Crippen molar-refractivity contribution in [3.05, 3.63) is 35.7 Å². The summed E-state index contributed by atoms with van der Waals surface area (Å²) in [7, 11) is 0. The van der Waals surface area contributed by atoms with Crippen LogP contribution >= 0.6 is 0 Å². The Kier molecular flexibility index (Phi) is 4.64. The Morgan fingerprint density at radius 1 is 1.14 bits per heavy atom. The molecule has 3 aliphatic heterocycles. The highest BCUT2D eigenvalue weighted by Crippen LogP contribution is 2.43. The van der Waals surface area contributed by atoms with Crippen LogP contribution in [0, 0.1) is 0 Å². The van der Waals surface area contributed by atoms with Gasteiger partial charge in [0.15, 0.2) is 17.2 Å². The molecule has 0 aliphatic carbocycles. The molecule has 1 aromatic carbocycles. The van der Waals surface area contributed by atoms with Gasteiger partial charge < -0.3 is 19.7 Å². The summed E-state index contributed by atoms with van der Waals surface area (Å²) < 4.78 is 13.5. The number of hydrogen-bond acceptors (Lipinski definition) is 6. The van der Waals surface area contributed by atoms with Gasteiger partial charge in [-0.1, -0.05) is 17.3 Å². The van der Waals surface area contributed by atoms with Crippen molar-refractivity contribution in [3.8, 4) is 11.5 Å². The largest absolute Gasteiger partial charge is 0.486 e. The summed E-state index contributed by atoms with van der Waals surface area (Å²) in [6.45, 7) is 3.76. The average molecular weight is 383 g/mol. The zero-order chi connectivity index (χ0) is 18.9. The van der Waals surface area contributed by atoms with Gasteiger partial charge in [0.25, 0.3) is 5.91 Å². The summed E-state index contributed by atoms with van der Waals surface area (Å²) in [6.07, 6.45) is 5.71. The number of carbonyl (C=O) groups excluding carboxylic acids is 1. The third-order valence-corrected chi connectivity index (χ3v) is 5.88. The third-order valence-electron chi connectivity index (χ3n) is 5.88. The number of benzene rings is 1. The molecule has 0 bridgehead atoms. The van der Waals surface area contributed by atoms with Crippen LogP contribution in [-0.4, -0.2) is 58.6 Å². The summed E-state index contributed by atoms with van der Waals surface area (Å²) in [5.41, 5.74) is 1.45. The van der Waals surface area contributed by atoms with Crippen molar-refractivity contribution in [2.24, 2.45) is 0 Å². The summed E-state index contributed by atoms with van der Waals surface area (Å²) >= 11 is 0. The van der Waals surface area contributed by atoms with Crippen LogP contribution in [0.15, 0.2) is 24.4 Å². The van der Waals surface area contributed by atoms with Gasteiger partial charge in [-0.25, -0.2) is 4.68 Å². The van der Waals surface area contributed by atoms with Crippen LogP contribution in [0.4, 0.5) is 0 Å². The first kappa shape index (κ1) is 17.5. The van der Waals surface area contributed by atoms with E-state index in [0.717, 1.165) is 55.8 Å². The van der Waals surface area contributed by atoms with E-state index >= 15 is 0 Å². The van der Waals surface area contributed by atoms with Gasteiger partial charge in [0.2, 0.25) is 0 Å². The maximum atomic E-state index is 13.2. The maximum Gasteiger partial charge on any atom is 0.276 e. The molecule has 5 rings (SSSR count). The molecule has 2 aromatic rings. The normalized spacial score (nSPS) is 22.4. The van der Waals surface area contributed by atoms with Gasteiger partial charge >= 0.3 is 0 Å². The fourth-order valence-corrected chi connectivity index (χ4v) is 4.46. The number of fused-ring (bicyclic) bond motifs is 1. The fraction of sp³-hybridized carbons (Fsp3) is 0.550. The highest BCUT2D eigenvalue weighted by Gasteiger charge is 2.35. The summed E-state index contributed by atoms with van der Waals surface area (Å²) in [6, 6.07) is 6.22. The Bertz CT molecular complexity index is 861. The second kappa shape index (κ2) is 7.43. The molecule has 8 nitrogen and oxygen atoms in total. The van der Waals surface area contributed by atoms with E-state index < -0.39 is 0 Å². The minimum absolute atomic E-state index is 0.0202. The predicted molar refractivity (Wildman–Crippen MR) is 102 cm³/mol. The molecule has 0 radical (unpaired) electrons. The van der Waals surface area contributed by atoms with Crippen LogP contribution in [0.25, 0.3) is 0 Å². The molecule has 0 saturated carbocycles. The topological polar surface area (TPSA) is 81.5 Å². The molecule has 1 amide bonds. The first-order valence-electron chi connectivity index (χ1n) is 10.1. The summed E-state index contributed by atoms with van der Waals surface area (Å²) in [5.74, 6) is 1.48. The number of piperidine rings is 1. The molecule has 1 N–H and O–H groups in total. The Morgan fingerprint density at radius 2 is 2.00 bits per heavy atom. The molecule has 0 spiro atoms. The van der Waals surface area contributed by atoms with Crippen molar-refractivity contribution >= 4 is 5.91 Å². The van der Waals surface area contributed by atoms with E-state index in [9.17, 15) is 4.79 Å². The smallest absolute Gasteiger partial charge is 0.276 e. The van der Waals surface area contributed by atoms with Crippen molar-refractivity contribution < 1.29 is 14.3 Å². The Morgan fingerprint density at radius 3 is 2.89 bits per heavy atom. The molecular formula is C20H25N5O3. The molecule has 1 unspecified atom stereocenters. The number of amides is 1. The molecule has 4 heterocycles. The van der Waals surface area contributed by atoms with Crippen LogP contribution in [0.2, 0.25) is 0 Å². The maximum absolute atomic E-state index is 13.2. The van der Waals surface area contributed by atoms with Crippen LogP contribution in [0.5, 0.6) is 11.5 Å². The van der Waals surface area contributed by atoms with E-state index in [1.165, 1.54) is 0 Å². The van der Waals surface area contributed by atoms with E-state index in [-0.39, 0.29) is 11.9 Å². The zero-order valence-corrected chi connectivity index (χ0v) is 15.8. The van der Waals surface area contributed by atoms with Crippen LogP contribution in [-0.2, 0) is 0 Å². The molecular weight excluding hydrogens is 358 g/mol. The highest BCUT2D eigenvalue weighted by atomic mass is 16.6. The molecule has 3 aliphatic rings. The first-order valence-corrected chi connectivity index (χ1v) is 10.1.